The van der Waals surface area contributed by atoms with Gasteiger partial charge in [-0.1, -0.05) is 266 Å². The van der Waals surface area contributed by atoms with E-state index >= 15 is 0 Å². The van der Waals surface area contributed by atoms with Crippen LogP contribution in [0.15, 0.2) is 0 Å². The third-order valence-corrected chi connectivity index (χ3v) is 12.8. The van der Waals surface area contributed by atoms with Crippen LogP contribution in [0.4, 0.5) is 0 Å². The summed E-state index contributed by atoms with van der Waals surface area (Å²) in [6.45, 7) is 11.4. The number of carbonyl (C=O) groups excluding carboxylic acids is 3. The molecule has 1 unspecified atom stereocenters. The molecule has 6 heteroatoms. The Bertz CT molecular complexity index is 933. The third-order valence-electron chi connectivity index (χ3n) is 12.8. The van der Waals surface area contributed by atoms with Gasteiger partial charge in [0, 0.05) is 19.3 Å². The van der Waals surface area contributed by atoms with Gasteiger partial charge in [-0.25, -0.2) is 0 Å². The third kappa shape index (κ3) is 47.7. The van der Waals surface area contributed by atoms with E-state index < -0.39 is 6.10 Å². The lowest BCUT2D eigenvalue weighted by atomic mass is 9.99. The van der Waals surface area contributed by atoms with Crippen LogP contribution >= 0.6 is 0 Å². The van der Waals surface area contributed by atoms with Crippen LogP contribution in [0.1, 0.15) is 304 Å². The lowest BCUT2D eigenvalue weighted by molar-refractivity contribution is -0.167. The van der Waals surface area contributed by atoms with E-state index in [9.17, 15) is 14.4 Å². The van der Waals surface area contributed by atoms with Crippen LogP contribution in [0.5, 0.6) is 0 Å². The lowest BCUT2D eigenvalue weighted by Crippen LogP contribution is -2.30. The molecule has 0 aliphatic heterocycles. The first-order chi connectivity index (χ1) is 29.8. The molecule has 0 N–H and O–H groups in total. The van der Waals surface area contributed by atoms with Gasteiger partial charge in [0.25, 0.3) is 0 Å². The highest BCUT2D eigenvalue weighted by molar-refractivity contribution is 5.71. The maximum atomic E-state index is 12.7. The minimum absolute atomic E-state index is 0.0637. The van der Waals surface area contributed by atoms with E-state index in [0.29, 0.717) is 19.3 Å². The number of hydrogen-bond donors (Lipinski definition) is 0. The van der Waals surface area contributed by atoms with Crippen molar-refractivity contribution in [2.24, 2.45) is 11.8 Å². The summed E-state index contributed by atoms with van der Waals surface area (Å²) < 4.78 is 16.8. The Balaban J connectivity index is 4.14. The average molecular weight is 863 g/mol. The van der Waals surface area contributed by atoms with Crippen molar-refractivity contribution in [1.29, 1.82) is 0 Å². The van der Waals surface area contributed by atoms with Gasteiger partial charge in [-0.05, 0) is 31.1 Å². The van der Waals surface area contributed by atoms with E-state index in [4.69, 9.17) is 14.2 Å². The van der Waals surface area contributed by atoms with Crippen LogP contribution < -0.4 is 0 Å². The zero-order valence-corrected chi connectivity index (χ0v) is 41.8. The van der Waals surface area contributed by atoms with E-state index in [1.165, 1.54) is 193 Å². The van der Waals surface area contributed by atoms with Gasteiger partial charge in [-0.3, -0.25) is 14.4 Å². The van der Waals surface area contributed by atoms with Gasteiger partial charge in [-0.2, -0.15) is 0 Å². The van der Waals surface area contributed by atoms with Gasteiger partial charge < -0.3 is 14.2 Å². The van der Waals surface area contributed by atoms with Crippen LogP contribution in [0.3, 0.4) is 0 Å². The summed E-state index contributed by atoms with van der Waals surface area (Å²) in [6, 6.07) is 0. The Kier molecular flexibility index (Phi) is 46.6. The molecule has 0 aromatic heterocycles. The minimum Gasteiger partial charge on any atom is -0.462 e. The number of ether oxygens (including phenoxy) is 3. The fourth-order valence-electron chi connectivity index (χ4n) is 8.31. The molecule has 0 rings (SSSR count). The summed E-state index contributed by atoms with van der Waals surface area (Å²) in [5, 5.41) is 0. The lowest BCUT2D eigenvalue weighted by Gasteiger charge is -2.18. The normalized spacial score (nSPS) is 12.5. The van der Waals surface area contributed by atoms with Crippen molar-refractivity contribution >= 4 is 17.9 Å². The summed E-state index contributed by atoms with van der Waals surface area (Å²) in [4.78, 5) is 37.9. The van der Waals surface area contributed by atoms with Crippen molar-refractivity contribution in [2.75, 3.05) is 13.2 Å². The molecule has 0 radical (unpaired) electrons. The van der Waals surface area contributed by atoms with Crippen molar-refractivity contribution in [3.05, 3.63) is 0 Å². The smallest absolute Gasteiger partial charge is 0.306 e. The molecule has 0 amide bonds. The van der Waals surface area contributed by atoms with Crippen molar-refractivity contribution in [2.45, 2.75) is 310 Å². The molecular weight excluding hydrogens is 757 g/mol. The summed E-state index contributed by atoms with van der Waals surface area (Å²) in [5.41, 5.74) is 0. The van der Waals surface area contributed by atoms with E-state index in [1.54, 1.807) is 0 Å². The number of esters is 3. The highest BCUT2D eigenvalue weighted by Gasteiger charge is 2.19. The number of hydrogen-bond acceptors (Lipinski definition) is 6. The Morgan fingerprint density at radius 2 is 0.623 bits per heavy atom. The van der Waals surface area contributed by atoms with E-state index in [2.05, 4.69) is 34.6 Å². The Labute approximate surface area is 380 Å². The van der Waals surface area contributed by atoms with Gasteiger partial charge in [0.15, 0.2) is 6.10 Å². The molecule has 0 heterocycles. The molecule has 2 atom stereocenters. The maximum Gasteiger partial charge on any atom is 0.306 e. The average Bonchev–Trinajstić information content (AvgIpc) is 3.24. The second-order valence-electron chi connectivity index (χ2n) is 19.6. The molecule has 0 aromatic carbocycles. The van der Waals surface area contributed by atoms with Crippen LogP contribution in [-0.2, 0) is 28.6 Å². The molecule has 0 saturated heterocycles. The zero-order chi connectivity index (χ0) is 44.7. The Morgan fingerprint density at radius 3 is 0.934 bits per heavy atom. The Hall–Kier alpha value is -1.59. The maximum absolute atomic E-state index is 12.7. The van der Waals surface area contributed by atoms with Crippen LogP contribution in [0.25, 0.3) is 0 Å². The highest BCUT2D eigenvalue weighted by Crippen LogP contribution is 2.18. The molecule has 0 bridgehead atoms. The second kappa shape index (κ2) is 47.9. The fourth-order valence-corrected chi connectivity index (χ4v) is 8.31. The first-order valence-corrected chi connectivity index (χ1v) is 27.3. The standard InChI is InChI=1S/C55H106O6/c1-6-8-9-10-11-23-32-37-42-47-55(58)61-52(49-60-54(57)46-41-36-31-27-22-24-28-33-38-43-50(3)4)48-59-53(56)45-40-35-30-26-21-19-17-15-13-12-14-16-18-20-25-29-34-39-44-51(5)7-2/h50-52H,6-49H2,1-5H3/t51?,52-/m1/s1. The molecule has 0 aliphatic rings. The second-order valence-corrected chi connectivity index (χ2v) is 19.6. The molecule has 6 nitrogen and oxygen atoms in total. The summed E-state index contributed by atoms with van der Waals surface area (Å²) in [5.74, 6) is 0.869. The highest BCUT2D eigenvalue weighted by atomic mass is 16.6. The van der Waals surface area contributed by atoms with Crippen molar-refractivity contribution in [3.63, 3.8) is 0 Å². The van der Waals surface area contributed by atoms with E-state index in [-0.39, 0.29) is 31.1 Å². The molecule has 0 fully saturated rings. The molecule has 0 saturated carbocycles. The quantitative estimate of drug-likeness (QED) is 0.0344. The van der Waals surface area contributed by atoms with Crippen molar-refractivity contribution in [1.82, 2.24) is 0 Å². The van der Waals surface area contributed by atoms with E-state index in [0.717, 1.165) is 69.6 Å². The molecule has 61 heavy (non-hydrogen) atoms. The van der Waals surface area contributed by atoms with Gasteiger partial charge in [-0.15, -0.1) is 0 Å². The van der Waals surface area contributed by atoms with Gasteiger partial charge in [0.05, 0.1) is 0 Å². The van der Waals surface area contributed by atoms with Gasteiger partial charge in [0.2, 0.25) is 0 Å². The number of carbonyl (C=O) groups is 3. The first kappa shape index (κ1) is 59.4. The summed E-state index contributed by atoms with van der Waals surface area (Å²) >= 11 is 0. The predicted octanol–water partition coefficient (Wildman–Crippen LogP) is 17.7. The van der Waals surface area contributed by atoms with Crippen LogP contribution in [0.2, 0.25) is 0 Å². The first-order valence-electron chi connectivity index (χ1n) is 27.3. The largest absolute Gasteiger partial charge is 0.462 e. The van der Waals surface area contributed by atoms with Crippen molar-refractivity contribution in [3.8, 4) is 0 Å². The van der Waals surface area contributed by atoms with Crippen molar-refractivity contribution < 1.29 is 28.6 Å². The minimum atomic E-state index is -0.761. The van der Waals surface area contributed by atoms with Gasteiger partial charge >= 0.3 is 17.9 Å². The SMILES string of the molecule is CCCCCCCCCCCC(=O)O[C@H](COC(=O)CCCCCCCCCCCCCCCCCCCCC(C)CC)COC(=O)CCCCCCCCCCCC(C)C. The van der Waals surface area contributed by atoms with Crippen LogP contribution in [0, 0.1) is 11.8 Å². The van der Waals surface area contributed by atoms with Gasteiger partial charge in [0.1, 0.15) is 13.2 Å². The number of unbranched alkanes of at least 4 members (excludes halogenated alkanes) is 33. The topological polar surface area (TPSA) is 78.9 Å². The monoisotopic (exact) mass is 863 g/mol. The molecular formula is C55H106O6. The predicted molar refractivity (Wildman–Crippen MR) is 261 cm³/mol. The Morgan fingerprint density at radius 1 is 0.344 bits per heavy atom. The number of rotatable bonds is 49. The van der Waals surface area contributed by atoms with Crippen LogP contribution in [-0.4, -0.2) is 37.2 Å². The summed E-state index contributed by atoms with van der Waals surface area (Å²) in [6.07, 6.45) is 49.6. The summed E-state index contributed by atoms with van der Waals surface area (Å²) in [7, 11) is 0. The fraction of sp³-hybridized carbons (Fsp3) is 0.945. The molecule has 0 aliphatic carbocycles. The van der Waals surface area contributed by atoms with E-state index in [1.807, 2.05) is 0 Å². The molecule has 0 spiro atoms. The zero-order valence-electron chi connectivity index (χ0n) is 41.8. The molecule has 0 aromatic rings. The molecule has 362 valence electrons.